The van der Waals surface area contributed by atoms with E-state index >= 15 is 0 Å². The Kier molecular flexibility index (Phi) is 6.60. The first-order chi connectivity index (χ1) is 13.2. The van der Waals surface area contributed by atoms with Crippen LogP contribution in [0, 0.1) is 23.2 Å². The van der Waals surface area contributed by atoms with Crippen LogP contribution < -0.4 is 5.32 Å². The van der Waals surface area contributed by atoms with E-state index in [1.54, 1.807) is 18.3 Å². The number of nitriles is 1. The van der Waals surface area contributed by atoms with Crippen LogP contribution in [0.15, 0.2) is 18.3 Å². The summed E-state index contributed by atoms with van der Waals surface area (Å²) in [6.07, 6.45) is 3.60. The molecule has 9 heteroatoms. The summed E-state index contributed by atoms with van der Waals surface area (Å²) in [5.74, 6) is 0.894. The highest BCUT2D eigenvalue weighted by Gasteiger charge is 2.43. The van der Waals surface area contributed by atoms with Crippen LogP contribution in [0.3, 0.4) is 0 Å². The number of likely N-dealkylation sites (tertiary alicyclic amines) is 1. The van der Waals surface area contributed by atoms with Crippen molar-refractivity contribution in [2.24, 2.45) is 11.8 Å². The molecule has 0 radical (unpaired) electrons. The molecule has 2 saturated heterocycles. The van der Waals surface area contributed by atoms with Crippen LogP contribution in [-0.4, -0.2) is 78.3 Å². The lowest BCUT2D eigenvalue weighted by Crippen LogP contribution is -2.48. The molecule has 1 aromatic rings. The Morgan fingerprint density at radius 1 is 1.18 bits per heavy atom. The second-order valence-electron chi connectivity index (χ2n) is 7.63. The molecule has 3 atom stereocenters. The van der Waals surface area contributed by atoms with Gasteiger partial charge in [0.15, 0.2) is 0 Å². The third kappa shape index (κ3) is 4.17. The van der Waals surface area contributed by atoms with Gasteiger partial charge in [-0.15, -0.1) is 12.4 Å². The van der Waals surface area contributed by atoms with Gasteiger partial charge in [0.1, 0.15) is 11.8 Å². The van der Waals surface area contributed by atoms with Gasteiger partial charge in [0.05, 0.1) is 19.8 Å². The molecule has 2 aliphatic heterocycles. The number of urea groups is 1. The van der Waals surface area contributed by atoms with Gasteiger partial charge in [0.25, 0.3) is 0 Å². The second-order valence-corrected chi connectivity index (χ2v) is 7.63. The van der Waals surface area contributed by atoms with Gasteiger partial charge >= 0.3 is 6.03 Å². The predicted octanol–water partition coefficient (Wildman–Crippen LogP) is 1.17. The molecule has 4 rings (SSSR count). The van der Waals surface area contributed by atoms with Crippen molar-refractivity contribution >= 4 is 24.3 Å². The highest BCUT2D eigenvalue weighted by atomic mass is 35.5. The Hall–Kier alpha value is -2.08. The van der Waals surface area contributed by atoms with Gasteiger partial charge in [0, 0.05) is 38.4 Å². The van der Waals surface area contributed by atoms with E-state index in [0.717, 1.165) is 25.9 Å². The third-order valence-electron chi connectivity index (χ3n) is 5.98. The van der Waals surface area contributed by atoms with Crippen molar-refractivity contribution in [1.82, 2.24) is 19.7 Å². The summed E-state index contributed by atoms with van der Waals surface area (Å²) in [5.41, 5.74) is 0.363. The number of fused-ring (bicyclic) bond motifs is 1. The molecule has 0 spiro atoms. The lowest BCUT2D eigenvalue weighted by Gasteiger charge is -2.31. The molecule has 2 amide bonds. The van der Waals surface area contributed by atoms with Crippen molar-refractivity contribution in [2.45, 2.75) is 18.9 Å². The number of halogens is 1. The van der Waals surface area contributed by atoms with Gasteiger partial charge in [-0.05, 0) is 36.8 Å². The van der Waals surface area contributed by atoms with E-state index in [-0.39, 0.29) is 30.9 Å². The average molecular weight is 408 g/mol. The van der Waals surface area contributed by atoms with E-state index in [9.17, 15) is 9.59 Å². The topological polar surface area (TPSA) is 90.6 Å². The lowest BCUT2D eigenvalue weighted by atomic mass is 10.0. The standard InChI is InChI=1S/C19H25N5O3.ClH/c20-10-17-2-1-3-24(17)18(25)11-21-16-8-14-12-23(13-15(14)9-16)19(26)22-4-6-27-7-5-22;/h1-3,14-16,21H,4-9,11-13H2;1H/t14-,15+,16?;. The first-order valence-corrected chi connectivity index (χ1v) is 9.61. The summed E-state index contributed by atoms with van der Waals surface area (Å²) in [6, 6.07) is 5.81. The van der Waals surface area contributed by atoms with Crippen LogP contribution in [-0.2, 0) is 4.74 Å². The van der Waals surface area contributed by atoms with Crippen LogP contribution in [0.2, 0.25) is 0 Å². The van der Waals surface area contributed by atoms with Gasteiger partial charge in [-0.1, -0.05) is 0 Å². The zero-order valence-corrected chi connectivity index (χ0v) is 16.6. The molecular formula is C19H26ClN5O3. The first kappa shape index (κ1) is 20.6. The Morgan fingerprint density at radius 2 is 1.86 bits per heavy atom. The van der Waals surface area contributed by atoms with Crippen molar-refractivity contribution in [2.75, 3.05) is 45.9 Å². The summed E-state index contributed by atoms with van der Waals surface area (Å²) >= 11 is 0. The van der Waals surface area contributed by atoms with Crippen LogP contribution in [0.25, 0.3) is 0 Å². The molecule has 0 aromatic carbocycles. The zero-order valence-electron chi connectivity index (χ0n) is 15.7. The maximum atomic E-state index is 12.6. The fourth-order valence-corrected chi connectivity index (χ4v) is 4.58. The molecule has 152 valence electrons. The fraction of sp³-hybridized carbons (Fsp3) is 0.632. The number of amides is 2. The Morgan fingerprint density at radius 3 is 2.50 bits per heavy atom. The van der Waals surface area contributed by atoms with Crippen molar-refractivity contribution in [3.63, 3.8) is 0 Å². The zero-order chi connectivity index (χ0) is 18.8. The average Bonchev–Trinajstić information content (AvgIpc) is 3.40. The molecule has 1 aliphatic carbocycles. The van der Waals surface area contributed by atoms with Crippen molar-refractivity contribution < 1.29 is 14.3 Å². The first-order valence-electron chi connectivity index (χ1n) is 9.61. The number of carbonyl (C=O) groups is 2. The minimum absolute atomic E-state index is 0. The molecule has 1 saturated carbocycles. The number of morpholine rings is 1. The maximum Gasteiger partial charge on any atom is 0.320 e. The molecular weight excluding hydrogens is 382 g/mol. The fourth-order valence-electron chi connectivity index (χ4n) is 4.58. The molecule has 28 heavy (non-hydrogen) atoms. The van der Waals surface area contributed by atoms with E-state index in [1.165, 1.54) is 4.57 Å². The summed E-state index contributed by atoms with van der Waals surface area (Å²) < 4.78 is 6.72. The van der Waals surface area contributed by atoms with Gasteiger partial charge in [-0.25, -0.2) is 4.79 Å². The highest BCUT2D eigenvalue weighted by Crippen LogP contribution is 2.38. The molecule has 3 fully saturated rings. The Labute approximate surface area is 170 Å². The van der Waals surface area contributed by atoms with Crippen LogP contribution in [0.4, 0.5) is 4.79 Å². The number of ether oxygens (including phenoxy) is 1. The number of nitrogens with one attached hydrogen (secondary N) is 1. The second kappa shape index (κ2) is 8.95. The number of carbonyl (C=O) groups excluding carboxylic acids is 2. The lowest BCUT2D eigenvalue weighted by molar-refractivity contribution is 0.0445. The van der Waals surface area contributed by atoms with E-state index in [1.807, 2.05) is 15.9 Å². The van der Waals surface area contributed by atoms with Gasteiger partial charge in [-0.2, -0.15) is 5.26 Å². The Balaban J connectivity index is 0.00000225. The molecule has 1 N–H and O–H groups in total. The minimum atomic E-state index is -0.113. The van der Waals surface area contributed by atoms with Crippen LogP contribution in [0.1, 0.15) is 23.3 Å². The number of nitrogens with zero attached hydrogens (tertiary/aromatic N) is 4. The summed E-state index contributed by atoms with van der Waals surface area (Å²) in [7, 11) is 0. The Bertz CT molecular complexity index is 741. The number of rotatable bonds is 3. The quantitative estimate of drug-likeness (QED) is 0.812. The van der Waals surface area contributed by atoms with E-state index in [4.69, 9.17) is 10.00 Å². The largest absolute Gasteiger partial charge is 0.378 e. The van der Waals surface area contributed by atoms with E-state index < -0.39 is 0 Å². The minimum Gasteiger partial charge on any atom is -0.378 e. The number of hydrogen-bond donors (Lipinski definition) is 1. The molecule has 3 aliphatic rings. The van der Waals surface area contributed by atoms with Crippen LogP contribution >= 0.6 is 12.4 Å². The molecule has 1 unspecified atom stereocenters. The summed E-state index contributed by atoms with van der Waals surface area (Å²) in [5, 5.41) is 12.4. The van der Waals surface area contributed by atoms with E-state index in [0.29, 0.717) is 49.9 Å². The summed E-state index contributed by atoms with van der Waals surface area (Å²) in [4.78, 5) is 28.8. The molecule has 1 aromatic heterocycles. The normalized spacial score (nSPS) is 26.5. The SMILES string of the molecule is Cl.N#Cc1cccn1C(=O)CNC1C[C@@H]2CN(C(=O)N3CCOCC3)C[C@@H]2C1. The van der Waals surface area contributed by atoms with Gasteiger partial charge in [0.2, 0.25) is 5.91 Å². The maximum absolute atomic E-state index is 12.6. The van der Waals surface area contributed by atoms with Gasteiger partial charge < -0.3 is 19.9 Å². The summed E-state index contributed by atoms with van der Waals surface area (Å²) in [6.45, 7) is 4.46. The van der Waals surface area contributed by atoms with E-state index in [2.05, 4.69) is 5.32 Å². The van der Waals surface area contributed by atoms with Crippen molar-refractivity contribution in [1.29, 1.82) is 5.26 Å². The van der Waals surface area contributed by atoms with Gasteiger partial charge in [-0.3, -0.25) is 9.36 Å². The third-order valence-corrected chi connectivity index (χ3v) is 5.98. The van der Waals surface area contributed by atoms with Crippen molar-refractivity contribution in [3.05, 3.63) is 24.0 Å². The predicted molar refractivity (Wildman–Crippen MR) is 104 cm³/mol. The smallest absolute Gasteiger partial charge is 0.320 e. The monoisotopic (exact) mass is 407 g/mol. The molecule has 0 bridgehead atoms. The highest BCUT2D eigenvalue weighted by molar-refractivity contribution is 5.85. The molecule has 3 heterocycles. The number of hydrogen-bond acceptors (Lipinski definition) is 5. The van der Waals surface area contributed by atoms with Crippen LogP contribution in [0.5, 0.6) is 0 Å². The van der Waals surface area contributed by atoms with Crippen molar-refractivity contribution in [3.8, 4) is 6.07 Å². The molecule has 8 nitrogen and oxygen atoms in total. The number of aromatic nitrogens is 1.